The van der Waals surface area contributed by atoms with Crippen LogP contribution >= 0.6 is 0 Å². The van der Waals surface area contributed by atoms with Gasteiger partial charge in [0.2, 0.25) is 0 Å². The van der Waals surface area contributed by atoms with Crippen molar-refractivity contribution in [3.63, 3.8) is 0 Å². The van der Waals surface area contributed by atoms with Crippen LogP contribution in [0.1, 0.15) is 27.2 Å². The first-order chi connectivity index (χ1) is 6.99. The number of allylic oxidation sites excluding steroid dienone is 7. The quantitative estimate of drug-likeness (QED) is 0.639. The van der Waals surface area contributed by atoms with Crippen LogP contribution in [-0.4, -0.2) is 5.78 Å². The molecular formula is C14H18O. The summed E-state index contributed by atoms with van der Waals surface area (Å²) in [6, 6.07) is 0. The van der Waals surface area contributed by atoms with Crippen molar-refractivity contribution in [2.75, 3.05) is 0 Å². The molecule has 1 unspecified atom stereocenters. The lowest BCUT2D eigenvalue weighted by molar-refractivity contribution is -0.121. The van der Waals surface area contributed by atoms with E-state index < -0.39 is 0 Å². The summed E-state index contributed by atoms with van der Waals surface area (Å²) in [5.74, 6) is 0.220. The van der Waals surface area contributed by atoms with Gasteiger partial charge in [-0.05, 0) is 32.8 Å². The molecule has 0 N–H and O–H groups in total. The Morgan fingerprint density at radius 1 is 1.60 bits per heavy atom. The van der Waals surface area contributed by atoms with Gasteiger partial charge in [-0.25, -0.2) is 0 Å². The highest BCUT2D eigenvalue weighted by atomic mass is 16.1. The Kier molecular flexibility index (Phi) is 3.46. The van der Waals surface area contributed by atoms with Gasteiger partial charge < -0.3 is 0 Å². The zero-order chi connectivity index (χ0) is 11.5. The zero-order valence-corrected chi connectivity index (χ0v) is 9.71. The lowest BCUT2D eigenvalue weighted by Crippen LogP contribution is -2.27. The normalized spacial score (nSPS) is 26.5. The van der Waals surface area contributed by atoms with Crippen LogP contribution in [0.5, 0.6) is 0 Å². The molecule has 0 saturated heterocycles. The van der Waals surface area contributed by atoms with Crippen molar-refractivity contribution in [2.24, 2.45) is 5.41 Å². The second-order valence-corrected chi connectivity index (χ2v) is 4.31. The highest BCUT2D eigenvalue weighted by Crippen LogP contribution is 2.31. The number of hydrogen-bond acceptors (Lipinski definition) is 1. The molecular weight excluding hydrogens is 184 g/mol. The van der Waals surface area contributed by atoms with E-state index in [0.29, 0.717) is 0 Å². The van der Waals surface area contributed by atoms with Crippen LogP contribution in [0.15, 0.2) is 48.1 Å². The van der Waals surface area contributed by atoms with Crippen LogP contribution in [0.25, 0.3) is 0 Å². The van der Waals surface area contributed by atoms with Crippen LogP contribution in [0, 0.1) is 5.41 Å². The molecule has 1 nitrogen and oxygen atoms in total. The number of hydrogen-bond donors (Lipinski definition) is 0. The fourth-order valence-corrected chi connectivity index (χ4v) is 1.62. The minimum Gasteiger partial charge on any atom is -0.294 e. The molecule has 0 heterocycles. The number of Topliss-reactive ketones (excluding diaryl/α,β-unsaturated/α-hetero) is 1. The standard InChI is InChI=1S/C14H18O/c1-5-11(2)8-10-14(4)9-6-7-12(3)13(14)15/h5-9H,1,10H2,2-4H3/b11-8+. The van der Waals surface area contributed by atoms with Gasteiger partial charge in [0, 0.05) is 0 Å². The third-order valence-corrected chi connectivity index (χ3v) is 2.86. The maximum absolute atomic E-state index is 12.0. The fourth-order valence-electron chi connectivity index (χ4n) is 1.62. The average molecular weight is 202 g/mol. The molecule has 0 saturated carbocycles. The van der Waals surface area contributed by atoms with Crippen molar-refractivity contribution in [3.8, 4) is 0 Å². The minimum atomic E-state index is -0.372. The fraction of sp³-hybridized carbons (Fsp3) is 0.357. The molecule has 0 fully saturated rings. The molecule has 0 radical (unpaired) electrons. The van der Waals surface area contributed by atoms with Gasteiger partial charge in [-0.1, -0.05) is 42.5 Å². The molecule has 1 heteroatoms. The third kappa shape index (κ3) is 2.56. The highest BCUT2D eigenvalue weighted by Gasteiger charge is 2.31. The van der Waals surface area contributed by atoms with E-state index in [-0.39, 0.29) is 11.2 Å². The van der Waals surface area contributed by atoms with Gasteiger partial charge in [-0.2, -0.15) is 0 Å². The Balaban J connectivity index is 2.85. The Bertz CT molecular complexity index is 369. The van der Waals surface area contributed by atoms with Gasteiger partial charge in [-0.3, -0.25) is 4.79 Å². The largest absolute Gasteiger partial charge is 0.294 e. The first-order valence-corrected chi connectivity index (χ1v) is 5.20. The van der Waals surface area contributed by atoms with Gasteiger partial charge >= 0.3 is 0 Å². The van der Waals surface area contributed by atoms with E-state index in [1.54, 1.807) is 0 Å². The summed E-state index contributed by atoms with van der Waals surface area (Å²) in [5, 5.41) is 0. The lowest BCUT2D eigenvalue weighted by Gasteiger charge is -2.25. The molecule has 1 atom stereocenters. The average Bonchev–Trinajstić information content (AvgIpc) is 2.23. The van der Waals surface area contributed by atoms with Crippen LogP contribution < -0.4 is 0 Å². The molecule has 0 aromatic rings. The topological polar surface area (TPSA) is 17.1 Å². The van der Waals surface area contributed by atoms with E-state index in [1.165, 1.54) is 0 Å². The van der Waals surface area contributed by atoms with E-state index in [0.717, 1.165) is 17.6 Å². The molecule has 15 heavy (non-hydrogen) atoms. The second kappa shape index (κ2) is 4.43. The van der Waals surface area contributed by atoms with E-state index in [4.69, 9.17) is 0 Å². The molecule has 1 aliphatic rings. The maximum Gasteiger partial charge on any atom is 0.168 e. The molecule has 0 bridgehead atoms. The van der Waals surface area contributed by atoms with Crippen molar-refractivity contribution >= 4 is 5.78 Å². The first-order valence-electron chi connectivity index (χ1n) is 5.20. The van der Waals surface area contributed by atoms with Crippen LogP contribution in [0.4, 0.5) is 0 Å². The summed E-state index contributed by atoms with van der Waals surface area (Å²) < 4.78 is 0. The summed E-state index contributed by atoms with van der Waals surface area (Å²) in [5.41, 5.74) is 1.58. The first kappa shape index (κ1) is 11.7. The number of carbonyl (C=O) groups excluding carboxylic acids is 1. The molecule has 0 aromatic carbocycles. The minimum absolute atomic E-state index is 0.220. The smallest absolute Gasteiger partial charge is 0.168 e. The van der Waals surface area contributed by atoms with Crippen molar-refractivity contribution in [1.29, 1.82) is 0 Å². The van der Waals surface area contributed by atoms with Gasteiger partial charge in [-0.15, -0.1) is 0 Å². The number of rotatable bonds is 3. The monoisotopic (exact) mass is 202 g/mol. The predicted octanol–water partition coefficient (Wildman–Crippen LogP) is 3.60. The molecule has 0 aliphatic heterocycles. The Morgan fingerprint density at radius 2 is 2.27 bits per heavy atom. The SMILES string of the molecule is C=C/C(C)=C/CC1(C)C=CC=C(C)C1=O. The van der Waals surface area contributed by atoms with Crippen LogP contribution in [-0.2, 0) is 4.79 Å². The Hall–Kier alpha value is -1.37. The van der Waals surface area contributed by atoms with Gasteiger partial charge in [0.25, 0.3) is 0 Å². The highest BCUT2D eigenvalue weighted by molar-refractivity contribution is 6.01. The van der Waals surface area contributed by atoms with Crippen molar-refractivity contribution in [1.82, 2.24) is 0 Å². The van der Waals surface area contributed by atoms with Gasteiger partial charge in [0.05, 0.1) is 5.41 Å². The van der Waals surface area contributed by atoms with E-state index in [9.17, 15) is 4.79 Å². The van der Waals surface area contributed by atoms with E-state index in [2.05, 4.69) is 12.7 Å². The lowest BCUT2D eigenvalue weighted by atomic mass is 9.76. The third-order valence-electron chi connectivity index (χ3n) is 2.86. The molecule has 1 rings (SSSR count). The Labute approximate surface area is 91.9 Å². The molecule has 0 aromatic heterocycles. The summed E-state index contributed by atoms with van der Waals surface area (Å²) in [6.45, 7) is 9.55. The molecule has 1 aliphatic carbocycles. The predicted molar refractivity (Wildman–Crippen MR) is 64.6 cm³/mol. The molecule has 0 spiro atoms. The zero-order valence-electron chi connectivity index (χ0n) is 9.71. The van der Waals surface area contributed by atoms with Crippen LogP contribution in [0.2, 0.25) is 0 Å². The van der Waals surface area contributed by atoms with Crippen molar-refractivity contribution in [2.45, 2.75) is 27.2 Å². The van der Waals surface area contributed by atoms with Crippen LogP contribution in [0.3, 0.4) is 0 Å². The molecule has 0 amide bonds. The summed E-state index contributed by atoms with van der Waals surface area (Å²) >= 11 is 0. The summed E-state index contributed by atoms with van der Waals surface area (Å²) in [4.78, 5) is 12.0. The van der Waals surface area contributed by atoms with Gasteiger partial charge in [0.15, 0.2) is 5.78 Å². The summed E-state index contributed by atoms with van der Waals surface area (Å²) in [7, 11) is 0. The molecule has 80 valence electrons. The maximum atomic E-state index is 12.0. The van der Waals surface area contributed by atoms with E-state index in [1.807, 2.05) is 45.1 Å². The number of ketones is 1. The second-order valence-electron chi connectivity index (χ2n) is 4.31. The van der Waals surface area contributed by atoms with E-state index >= 15 is 0 Å². The Morgan fingerprint density at radius 3 is 2.87 bits per heavy atom. The summed E-state index contributed by atoms with van der Waals surface area (Å²) in [6.07, 6.45) is 10.4. The van der Waals surface area contributed by atoms with Crippen molar-refractivity contribution in [3.05, 3.63) is 48.1 Å². The van der Waals surface area contributed by atoms with Crippen molar-refractivity contribution < 1.29 is 4.79 Å². The number of carbonyl (C=O) groups is 1. The van der Waals surface area contributed by atoms with Gasteiger partial charge in [0.1, 0.15) is 0 Å².